The fraction of sp³-hybridized carbons (Fsp3) is 0.231. The first-order valence-electron chi connectivity index (χ1n) is 5.18. The van der Waals surface area contributed by atoms with Crippen LogP contribution in [0.5, 0.6) is 5.75 Å². The van der Waals surface area contributed by atoms with Gasteiger partial charge in [-0.05, 0) is 44.0 Å². The zero-order chi connectivity index (χ0) is 11.7. The number of aromatic hydroxyl groups is 1. The largest absolute Gasteiger partial charge is 0.506 e. The number of nitrogens with zero attached hydrogens (tertiary/aromatic N) is 2. The van der Waals surface area contributed by atoms with Crippen molar-refractivity contribution >= 4 is 0 Å². The molecule has 2 rings (SSSR count). The van der Waals surface area contributed by atoms with Gasteiger partial charge < -0.3 is 5.11 Å². The van der Waals surface area contributed by atoms with E-state index in [1.165, 1.54) is 0 Å². The average Bonchev–Trinajstić information content (AvgIpc) is 2.25. The van der Waals surface area contributed by atoms with Gasteiger partial charge in [0.2, 0.25) is 0 Å². The summed E-state index contributed by atoms with van der Waals surface area (Å²) in [7, 11) is 0. The molecule has 2 heterocycles. The molecule has 0 aromatic carbocycles. The maximum atomic E-state index is 9.84. The van der Waals surface area contributed by atoms with Crippen LogP contribution < -0.4 is 0 Å². The van der Waals surface area contributed by atoms with Crippen molar-refractivity contribution < 1.29 is 5.11 Å². The van der Waals surface area contributed by atoms with Crippen LogP contribution in [0.3, 0.4) is 0 Å². The Morgan fingerprint density at radius 3 is 2.50 bits per heavy atom. The van der Waals surface area contributed by atoms with Crippen LogP contribution in [-0.4, -0.2) is 15.1 Å². The van der Waals surface area contributed by atoms with Crippen LogP contribution in [0.25, 0.3) is 11.4 Å². The van der Waals surface area contributed by atoms with E-state index in [1.54, 1.807) is 12.3 Å². The highest BCUT2D eigenvalue weighted by molar-refractivity contribution is 5.63. The van der Waals surface area contributed by atoms with E-state index < -0.39 is 0 Å². The maximum Gasteiger partial charge on any atom is 0.143 e. The van der Waals surface area contributed by atoms with Crippen molar-refractivity contribution in [1.82, 2.24) is 9.97 Å². The third kappa shape index (κ3) is 1.89. The lowest BCUT2D eigenvalue weighted by Crippen LogP contribution is -1.93. The van der Waals surface area contributed by atoms with Gasteiger partial charge in [-0.3, -0.25) is 4.98 Å². The Morgan fingerprint density at radius 2 is 1.88 bits per heavy atom. The van der Waals surface area contributed by atoms with Crippen LogP contribution in [-0.2, 0) is 0 Å². The predicted molar refractivity (Wildman–Crippen MR) is 63.3 cm³/mol. The summed E-state index contributed by atoms with van der Waals surface area (Å²) < 4.78 is 0. The zero-order valence-corrected chi connectivity index (χ0v) is 9.65. The Bertz CT molecular complexity index is 518. The summed E-state index contributed by atoms with van der Waals surface area (Å²) in [6.07, 6.45) is 1.77. The summed E-state index contributed by atoms with van der Waals surface area (Å²) in [5, 5.41) is 9.84. The molecule has 0 radical (unpaired) electrons. The second-order valence-electron chi connectivity index (χ2n) is 3.98. The topological polar surface area (TPSA) is 46.0 Å². The molecule has 0 saturated heterocycles. The first-order valence-corrected chi connectivity index (χ1v) is 5.18. The van der Waals surface area contributed by atoms with Crippen molar-refractivity contribution in [2.24, 2.45) is 0 Å². The minimum absolute atomic E-state index is 0.180. The van der Waals surface area contributed by atoms with Gasteiger partial charge in [-0.25, -0.2) is 4.98 Å². The number of aryl methyl sites for hydroxylation is 3. The Morgan fingerprint density at radius 1 is 1.12 bits per heavy atom. The van der Waals surface area contributed by atoms with E-state index >= 15 is 0 Å². The van der Waals surface area contributed by atoms with Gasteiger partial charge in [0.25, 0.3) is 0 Å². The van der Waals surface area contributed by atoms with Crippen LogP contribution in [0, 0.1) is 20.8 Å². The van der Waals surface area contributed by atoms with Crippen LogP contribution >= 0.6 is 0 Å². The summed E-state index contributed by atoms with van der Waals surface area (Å²) in [5.74, 6) is 0.180. The minimum Gasteiger partial charge on any atom is -0.506 e. The summed E-state index contributed by atoms with van der Waals surface area (Å²) in [6, 6.07) is 5.55. The van der Waals surface area contributed by atoms with Crippen molar-refractivity contribution in [1.29, 1.82) is 0 Å². The summed E-state index contributed by atoms with van der Waals surface area (Å²) in [4.78, 5) is 8.62. The molecule has 3 nitrogen and oxygen atoms in total. The van der Waals surface area contributed by atoms with Gasteiger partial charge in [-0.2, -0.15) is 0 Å². The second-order valence-corrected chi connectivity index (χ2v) is 3.98. The van der Waals surface area contributed by atoms with Crippen LogP contribution in [0.15, 0.2) is 24.4 Å². The second kappa shape index (κ2) is 3.93. The Labute approximate surface area is 94.8 Å². The van der Waals surface area contributed by atoms with E-state index in [2.05, 4.69) is 9.97 Å². The van der Waals surface area contributed by atoms with Crippen LogP contribution in [0.2, 0.25) is 0 Å². The normalized spacial score (nSPS) is 10.4. The molecule has 0 bridgehead atoms. The van der Waals surface area contributed by atoms with Gasteiger partial charge in [-0.15, -0.1) is 0 Å². The van der Waals surface area contributed by atoms with Crippen molar-refractivity contribution in [3.05, 3.63) is 41.2 Å². The molecule has 82 valence electrons. The highest BCUT2D eigenvalue weighted by atomic mass is 16.3. The molecule has 16 heavy (non-hydrogen) atoms. The molecule has 0 unspecified atom stereocenters. The third-order valence-electron chi connectivity index (χ3n) is 2.60. The van der Waals surface area contributed by atoms with E-state index in [9.17, 15) is 5.11 Å². The van der Waals surface area contributed by atoms with Crippen LogP contribution in [0.4, 0.5) is 0 Å². The number of pyridine rings is 2. The Hall–Kier alpha value is -1.90. The highest BCUT2D eigenvalue weighted by Gasteiger charge is 2.09. The smallest absolute Gasteiger partial charge is 0.143 e. The molecule has 2 aromatic heterocycles. The van der Waals surface area contributed by atoms with Gasteiger partial charge in [-0.1, -0.05) is 6.07 Å². The number of aromatic nitrogens is 2. The fourth-order valence-corrected chi connectivity index (χ4v) is 1.49. The highest BCUT2D eigenvalue weighted by Crippen LogP contribution is 2.27. The lowest BCUT2D eigenvalue weighted by atomic mass is 10.1. The molecule has 0 amide bonds. The molecule has 0 atom stereocenters. The van der Waals surface area contributed by atoms with E-state index in [-0.39, 0.29) is 5.75 Å². The lowest BCUT2D eigenvalue weighted by molar-refractivity contribution is 0.474. The van der Waals surface area contributed by atoms with Gasteiger partial charge in [0.15, 0.2) is 0 Å². The maximum absolute atomic E-state index is 9.84. The molecule has 0 aliphatic heterocycles. The monoisotopic (exact) mass is 214 g/mol. The predicted octanol–water partition coefficient (Wildman–Crippen LogP) is 2.77. The molecule has 0 fully saturated rings. The van der Waals surface area contributed by atoms with Crippen molar-refractivity contribution in [3.63, 3.8) is 0 Å². The van der Waals surface area contributed by atoms with Gasteiger partial charge in [0, 0.05) is 11.9 Å². The zero-order valence-electron chi connectivity index (χ0n) is 9.65. The quantitative estimate of drug-likeness (QED) is 0.794. The third-order valence-corrected chi connectivity index (χ3v) is 2.60. The summed E-state index contributed by atoms with van der Waals surface area (Å²) >= 11 is 0. The lowest BCUT2D eigenvalue weighted by Gasteiger charge is -2.07. The minimum atomic E-state index is 0.180. The summed E-state index contributed by atoms with van der Waals surface area (Å²) in [6.45, 7) is 5.82. The van der Waals surface area contributed by atoms with E-state index in [1.807, 2.05) is 32.9 Å². The molecule has 0 spiro atoms. The van der Waals surface area contributed by atoms with Crippen molar-refractivity contribution in [3.8, 4) is 17.1 Å². The first kappa shape index (κ1) is 10.6. The number of hydrogen-bond acceptors (Lipinski definition) is 3. The Balaban J connectivity index is 2.56. The molecular formula is C13H14N2O. The number of rotatable bonds is 1. The van der Waals surface area contributed by atoms with Gasteiger partial charge >= 0.3 is 0 Å². The van der Waals surface area contributed by atoms with Crippen molar-refractivity contribution in [2.45, 2.75) is 20.8 Å². The first-order chi connectivity index (χ1) is 7.58. The molecule has 1 N–H and O–H groups in total. The van der Waals surface area contributed by atoms with E-state index in [4.69, 9.17) is 0 Å². The van der Waals surface area contributed by atoms with Gasteiger partial charge in [0.05, 0.1) is 5.69 Å². The molecule has 0 aliphatic rings. The summed E-state index contributed by atoms with van der Waals surface area (Å²) in [5.41, 5.74) is 4.23. The van der Waals surface area contributed by atoms with Crippen LogP contribution in [0.1, 0.15) is 16.8 Å². The standard InChI is InChI=1S/C13H14N2O/c1-8-4-5-11(14-7-8)13-12(16)6-9(2)10(3)15-13/h4-7,16H,1-3H3. The molecule has 0 aliphatic carbocycles. The number of hydrogen-bond donors (Lipinski definition) is 1. The molecule has 2 aromatic rings. The molecular weight excluding hydrogens is 200 g/mol. The van der Waals surface area contributed by atoms with Gasteiger partial charge in [0.1, 0.15) is 11.4 Å². The van der Waals surface area contributed by atoms with E-state index in [0.717, 1.165) is 16.8 Å². The SMILES string of the molecule is Cc1ccc(-c2nc(C)c(C)cc2O)nc1. The van der Waals surface area contributed by atoms with E-state index in [0.29, 0.717) is 11.4 Å². The fourth-order valence-electron chi connectivity index (χ4n) is 1.49. The molecule has 3 heteroatoms. The Kier molecular flexibility index (Phi) is 2.60. The molecule has 0 saturated carbocycles. The average molecular weight is 214 g/mol. The van der Waals surface area contributed by atoms with Crippen molar-refractivity contribution in [2.75, 3.05) is 0 Å².